The second kappa shape index (κ2) is 34.3. The summed E-state index contributed by atoms with van der Waals surface area (Å²) < 4.78 is 47.9. The maximum Gasteiger partial charge on any atom is 0.192 e. The van der Waals surface area contributed by atoms with Crippen LogP contribution in [0.15, 0.2) is 119 Å². The number of hydrogen-bond donors (Lipinski definition) is 3. The first-order chi connectivity index (χ1) is 44.1. The lowest BCUT2D eigenvalue weighted by molar-refractivity contribution is 0.146. The Labute approximate surface area is 527 Å². The number of hydrogen-bond acceptors (Lipinski definition) is 22. The Morgan fingerprint density at radius 3 is 1.33 bits per heavy atom. The number of H-pyrrole nitrogens is 1. The number of benzene rings is 3. The molecule has 3 aliphatic rings. The monoisotopic (exact) mass is 1240 g/mol. The van der Waals surface area contributed by atoms with E-state index in [1.54, 1.807) is 47.0 Å². The molecule has 26 heteroatoms. The van der Waals surface area contributed by atoms with E-state index in [2.05, 4.69) is 101 Å². The summed E-state index contributed by atoms with van der Waals surface area (Å²) in [5.41, 5.74) is 18.9. The van der Waals surface area contributed by atoms with Gasteiger partial charge in [-0.15, -0.1) is 0 Å². The van der Waals surface area contributed by atoms with Crippen LogP contribution >= 0.6 is 0 Å². The number of aryl methyl sites for hydroxylation is 2. The molecule has 0 aliphatic carbocycles. The van der Waals surface area contributed by atoms with Gasteiger partial charge in [0.1, 0.15) is 48.7 Å². The topological polar surface area (TPSA) is 257 Å². The molecule has 8 heterocycles. The second-order valence-corrected chi connectivity index (χ2v) is 21.9. The zero-order valence-electron chi connectivity index (χ0n) is 53.1. The lowest BCUT2D eigenvalue weighted by Gasteiger charge is -2.36. The smallest absolute Gasteiger partial charge is 0.192 e. The number of nitrogen functional groups attached to an aromatic ring is 2. The van der Waals surface area contributed by atoms with Crippen LogP contribution in [0.25, 0.3) is 23.0 Å². The van der Waals surface area contributed by atoms with Gasteiger partial charge in [0.25, 0.3) is 0 Å². The number of aromatic amines is 1. The second-order valence-electron chi connectivity index (χ2n) is 21.9. The van der Waals surface area contributed by atoms with Gasteiger partial charge in [0.15, 0.2) is 29.6 Å². The van der Waals surface area contributed by atoms with E-state index >= 15 is 0 Å². The van der Waals surface area contributed by atoms with E-state index in [4.69, 9.17) is 49.0 Å². The molecule has 3 fully saturated rings. The summed E-state index contributed by atoms with van der Waals surface area (Å²) in [4.78, 5) is 23.4. The van der Waals surface area contributed by atoms with Crippen molar-refractivity contribution in [1.29, 1.82) is 0 Å². The van der Waals surface area contributed by atoms with Crippen molar-refractivity contribution in [2.45, 2.75) is 33.5 Å². The normalized spacial score (nSPS) is 15.0. The fraction of sp³-hybridized carbons (Fsp3) is 0.469. The van der Waals surface area contributed by atoms with Gasteiger partial charge in [0, 0.05) is 148 Å². The molecule has 3 saturated heterocycles. The first-order valence-electron chi connectivity index (χ1n) is 30.8. The number of ether oxygens (including phenoxy) is 7. The number of nitrogens with two attached hydrogens (primary N) is 2. The van der Waals surface area contributed by atoms with Gasteiger partial charge in [0.2, 0.25) is 0 Å². The van der Waals surface area contributed by atoms with Crippen molar-refractivity contribution >= 4 is 40.9 Å². The van der Waals surface area contributed by atoms with Crippen LogP contribution in [-0.2, 0) is 38.6 Å². The summed E-state index contributed by atoms with van der Waals surface area (Å²) in [6.45, 7) is 24.8. The number of aromatic nitrogens is 9. The molecule has 0 spiro atoms. The molecular weight excluding hydrogens is 1150 g/mol. The average Bonchev–Trinajstić information content (AvgIpc) is 2.94. The largest absolute Gasteiger partial charge is 0.491 e. The molecule has 8 aromatic rings. The van der Waals surface area contributed by atoms with Crippen molar-refractivity contribution in [1.82, 2.24) is 59.2 Å². The molecule has 0 radical (unpaired) electrons. The predicted molar refractivity (Wildman–Crippen MR) is 351 cm³/mol. The molecule has 484 valence electrons. The van der Waals surface area contributed by atoms with Crippen LogP contribution < -0.4 is 40.4 Å². The average molecular weight is 1240 g/mol. The highest BCUT2D eigenvalue weighted by Crippen LogP contribution is 2.27. The number of methoxy groups -OCH3 is 4. The molecule has 5 aromatic heterocycles. The molecule has 0 bridgehead atoms. The Morgan fingerprint density at radius 1 is 0.500 bits per heavy atom. The van der Waals surface area contributed by atoms with Crippen molar-refractivity contribution in [2.75, 3.05) is 192 Å². The standard InChI is InChI=1S/C24H30N8O3.C21H31N5O3.C19H29N5O2/c1-33-15-16-34-19-6-4-18(5-7-19)31-11-8-30(9-12-31)10-13-32-22(25)20(17-26-32)23-27-24(29-28-23)21-3-2-14-35-21;1-18-16-23-26(21(18)22-17-28-3)13-10-24-8-11-25(12-9-24)19-4-6-20(7-5-19)29-15-14-27-2;1-16-15-21-24(19(16)20)12-9-22-7-10-23(11-8-22)17-3-5-18(6-4-17)26-14-13-25-2/h2-7,14,17H,8-13,15-16,25H2,1H3,(H,27,28,29);4-7,16-17H,8-15H2,1-3H3;3-6,15H,7-14,20H2,1-2H3. The van der Waals surface area contributed by atoms with E-state index in [1.165, 1.54) is 23.5 Å². The first kappa shape index (κ1) is 65.8. The molecule has 0 saturated carbocycles. The minimum Gasteiger partial charge on any atom is -0.491 e. The fourth-order valence-corrected chi connectivity index (χ4v) is 10.6. The minimum absolute atomic E-state index is 0.504. The number of nitrogens with zero attached hydrogens (tertiary/aromatic N) is 15. The van der Waals surface area contributed by atoms with Gasteiger partial charge in [0.05, 0.1) is 77.0 Å². The summed E-state index contributed by atoms with van der Waals surface area (Å²) in [6.07, 6.45) is 8.44. The van der Waals surface area contributed by atoms with Crippen molar-refractivity contribution in [3.63, 3.8) is 0 Å². The zero-order valence-corrected chi connectivity index (χ0v) is 53.1. The van der Waals surface area contributed by atoms with Gasteiger partial charge in [-0.1, -0.05) is 0 Å². The Morgan fingerprint density at radius 2 is 0.922 bits per heavy atom. The fourth-order valence-electron chi connectivity index (χ4n) is 10.6. The van der Waals surface area contributed by atoms with Crippen LogP contribution in [0.2, 0.25) is 0 Å². The highest BCUT2D eigenvalue weighted by Gasteiger charge is 2.22. The molecule has 0 amide bonds. The van der Waals surface area contributed by atoms with E-state index in [9.17, 15) is 0 Å². The summed E-state index contributed by atoms with van der Waals surface area (Å²) in [5, 5.41) is 20.4. The molecule has 3 aliphatic heterocycles. The first-order valence-corrected chi connectivity index (χ1v) is 30.8. The van der Waals surface area contributed by atoms with Crippen LogP contribution in [0.4, 0.5) is 34.5 Å². The predicted octanol–water partition coefficient (Wildman–Crippen LogP) is 6.32. The van der Waals surface area contributed by atoms with Gasteiger partial charge >= 0.3 is 0 Å². The third-order valence-electron chi connectivity index (χ3n) is 16.0. The van der Waals surface area contributed by atoms with Crippen LogP contribution in [0.3, 0.4) is 0 Å². The number of rotatable bonds is 28. The number of piperazine rings is 3. The van der Waals surface area contributed by atoms with E-state index in [0.717, 1.165) is 151 Å². The number of nitrogens with one attached hydrogen (secondary N) is 1. The minimum atomic E-state index is 0.504. The molecule has 3 aromatic carbocycles. The Kier molecular flexibility index (Phi) is 25.1. The molecule has 90 heavy (non-hydrogen) atoms. The van der Waals surface area contributed by atoms with Crippen molar-refractivity contribution in [3.8, 4) is 40.2 Å². The molecule has 11 rings (SSSR count). The summed E-state index contributed by atoms with van der Waals surface area (Å²) in [6, 6.07) is 28.5. The highest BCUT2D eigenvalue weighted by molar-refractivity contribution is 5.69. The van der Waals surface area contributed by atoms with Gasteiger partial charge in [-0.05, 0) is 98.8 Å². The van der Waals surface area contributed by atoms with Crippen molar-refractivity contribution in [3.05, 3.63) is 121 Å². The summed E-state index contributed by atoms with van der Waals surface area (Å²) in [5.74, 6) is 6.51. The van der Waals surface area contributed by atoms with Gasteiger partial charge in [-0.25, -0.2) is 24.0 Å². The van der Waals surface area contributed by atoms with Crippen molar-refractivity contribution < 1.29 is 37.6 Å². The summed E-state index contributed by atoms with van der Waals surface area (Å²) in [7, 11) is 6.62. The maximum atomic E-state index is 6.37. The van der Waals surface area contributed by atoms with Gasteiger partial charge in [-0.2, -0.15) is 20.4 Å². The third-order valence-corrected chi connectivity index (χ3v) is 16.0. The SMILES string of the molecule is COC=Nc1c(C)cnn1CCN1CCN(c2ccc(OCCOC)cc2)CC1.COCCOc1ccc(N2CCN(CCn3ncc(-c4n[nH]c(-c5ccco5)n4)c3N)CC2)cc1.COCCOc1ccc(N2CCN(CCn3ncc(C)c3N)CC2)cc1. The van der Waals surface area contributed by atoms with Crippen LogP contribution in [-0.4, -0.2) is 232 Å². The number of furan rings is 1. The van der Waals surface area contributed by atoms with E-state index in [-0.39, 0.29) is 0 Å². The number of aliphatic imine (C=N–C) groups is 1. The lowest BCUT2D eigenvalue weighted by atomic mass is 10.2. The Bertz CT molecular complexity index is 3330. The maximum absolute atomic E-state index is 6.37. The van der Waals surface area contributed by atoms with Crippen LogP contribution in [0.5, 0.6) is 17.2 Å². The third kappa shape index (κ3) is 18.9. The van der Waals surface area contributed by atoms with Crippen LogP contribution in [0.1, 0.15) is 11.1 Å². The van der Waals surface area contributed by atoms with E-state index in [0.29, 0.717) is 75.0 Å². The molecule has 0 atom stereocenters. The lowest BCUT2D eigenvalue weighted by Crippen LogP contribution is -2.47. The molecule has 26 nitrogen and oxygen atoms in total. The number of anilines is 5. The Balaban J connectivity index is 0.000000162. The van der Waals surface area contributed by atoms with Crippen LogP contribution in [0, 0.1) is 13.8 Å². The van der Waals surface area contributed by atoms with E-state index in [1.807, 2.05) is 82.8 Å². The molecular formula is C64H90N18O8. The van der Waals surface area contributed by atoms with Crippen molar-refractivity contribution in [2.24, 2.45) is 4.99 Å². The van der Waals surface area contributed by atoms with Gasteiger partial charge < -0.3 is 63.7 Å². The quantitative estimate of drug-likeness (QED) is 0.0275. The van der Waals surface area contributed by atoms with E-state index < -0.39 is 0 Å². The molecule has 0 unspecified atom stereocenters. The molecule has 5 N–H and O–H groups in total. The summed E-state index contributed by atoms with van der Waals surface area (Å²) >= 11 is 0. The van der Waals surface area contributed by atoms with Gasteiger partial charge in [-0.3, -0.25) is 19.8 Å². The Hall–Kier alpha value is -8.66. The zero-order chi connectivity index (χ0) is 62.9. The highest BCUT2D eigenvalue weighted by atomic mass is 16.5.